The van der Waals surface area contributed by atoms with Gasteiger partial charge < -0.3 is 21.3 Å². The Morgan fingerprint density at radius 2 is 1.94 bits per heavy atom. The minimum absolute atomic E-state index is 0.0740. The normalized spacial score (nSPS) is 13.1. The highest BCUT2D eigenvalue weighted by Gasteiger charge is 2.25. The Labute approximate surface area is 181 Å². The van der Waals surface area contributed by atoms with Crippen molar-refractivity contribution in [1.82, 2.24) is 30.8 Å². The first kappa shape index (κ1) is 20.8. The SMILES string of the molecule is CCNCCCNC(=O)c1ccc(Nc2nccc(Nc3cc(C4CC4)[nH]n3)n2)cc1. The van der Waals surface area contributed by atoms with Crippen molar-refractivity contribution in [3.8, 4) is 0 Å². The van der Waals surface area contributed by atoms with E-state index in [1.54, 1.807) is 24.4 Å². The maximum atomic E-state index is 12.2. The third kappa shape index (κ3) is 6.02. The molecule has 1 saturated carbocycles. The van der Waals surface area contributed by atoms with Crippen molar-refractivity contribution in [2.24, 2.45) is 0 Å². The van der Waals surface area contributed by atoms with Gasteiger partial charge in [-0.3, -0.25) is 9.89 Å². The van der Waals surface area contributed by atoms with Crippen molar-refractivity contribution in [2.75, 3.05) is 30.3 Å². The van der Waals surface area contributed by atoms with Crippen molar-refractivity contribution in [3.63, 3.8) is 0 Å². The molecule has 1 aromatic carbocycles. The van der Waals surface area contributed by atoms with Crippen molar-refractivity contribution < 1.29 is 4.79 Å². The smallest absolute Gasteiger partial charge is 0.251 e. The Hall–Kier alpha value is -3.46. The van der Waals surface area contributed by atoms with E-state index in [-0.39, 0.29) is 5.91 Å². The van der Waals surface area contributed by atoms with Gasteiger partial charge in [0.15, 0.2) is 5.82 Å². The van der Waals surface area contributed by atoms with Gasteiger partial charge in [-0.05, 0) is 62.7 Å². The van der Waals surface area contributed by atoms with Crippen molar-refractivity contribution in [3.05, 3.63) is 53.9 Å². The summed E-state index contributed by atoms with van der Waals surface area (Å²) in [7, 11) is 0. The lowest BCUT2D eigenvalue weighted by atomic mass is 10.2. The number of carbonyl (C=O) groups is 1. The van der Waals surface area contributed by atoms with E-state index in [1.165, 1.54) is 12.8 Å². The zero-order chi connectivity index (χ0) is 21.5. The van der Waals surface area contributed by atoms with Crippen molar-refractivity contribution in [2.45, 2.75) is 32.1 Å². The molecule has 0 saturated heterocycles. The summed E-state index contributed by atoms with van der Waals surface area (Å²) in [5.41, 5.74) is 2.59. The van der Waals surface area contributed by atoms with E-state index in [2.05, 4.69) is 48.4 Å². The third-order valence-corrected chi connectivity index (χ3v) is 5.00. The molecule has 0 aliphatic heterocycles. The summed E-state index contributed by atoms with van der Waals surface area (Å²) in [6, 6.07) is 11.1. The highest BCUT2D eigenvalue weighted by Crippen LogP contribution is 2.39. The number of aromatic amines is 1. The van der Waals surface area contributed by atoms with Crippen LogP contribution >= 0.6 is 0 Å². The molecule has 1 amide bonds. The maximum absolute atomic E-state index is 12.2. The number of aromatic nitrogens is 4. The van der Waals surface area contributed by atoms with Crippen LogP contribution in [0.15, 0.2) is 42.6 Å². The summed E-state index contributed by atoms with van der Waals surface area (Å²) in [4.78, 5) is 21.0. The van der Waals surface area contributed by atoms with Gasteiger partial charge in [0.2, 0.25) is 5.95 Å². The average Bonchev–Trinajstić information content (AvgIpc) is 3.53. The van der Waals surface area contributed by atoms with E-state index in [0.717, 1.165) is 36.7 Å². The Morgan fingerprint density at radius 1 is 1.10 bits per heavy atom. The molecule has 0 unspecified atom stereocenters. The molecule has 3 aromatic rings. The number of anilines is 4. The van der Waals surface area contributed by atoms with Crippen LogP contribution < -0.4 is 21.3 Å². The Kier molecular flexibility index (Phi) is 6.73. The van der Waals surface area contributed by atoms with E-state index >= 15 is 0 Å². The first-order valence-electron chi connectivity index (χ1n) is 10.7. The van der Waals surface area contributed by atoms with Crippen LogP contribution in [-0.4, -0.2) is 45.7 Å². The number of carbonyl (C=O) groups excluding carboxylic acids is 1. The predicted molar refractivity (Wildman–Crippen MR) is 121 cm³/mol. The zero-order valence-electron chi connectivity index (χ0n) is 17.6. The first-order valence-corrected chi connectivity index (χ1v) is 10.7. The molecule has 162 valence electrons. The fraction of sp³-hybridized carbons (Fsp3) is 0.364. The van der Waals surface area contributed by atoms with Crippen LogP contribution in [-0.2, 0) is 0 Å². The number of rotatable bonds is 11. The van der Waals surface area contributed by atoms with Gasteiger partial charge in [0.25, 0.3) is 5.91 Å². The van der Waals surface area contributed by atoms with E-state index in [4.69, 9.17) is 0 Å². The molecule has 4 rings (SSSR count). The minimum atomic E-state index is -0.0740. The molecule has 9 heteroatoms. The predicted octanol–water partition coefficient (Wildman–Crippen LogP) is 3.29. The summed E-state index contributed by atoms with van der Waals surface area (Å²) in [5, 5.41) is 19.9. The summed E-state index contributed by atoms with van der Waals surface area (Å²) >= 11 is 0. The van der Waals surface area contributed by atoms with Crippen LogP contribution in [0.3, 0.4) is 0 Å². The number of hydrogen-bond donors (Lipinski definition) is 5. The second-order valence-electron chi connectivity index (χ2n) is 7.54. The fourth-order valence-electron chi connectivity index (χ4n) is 3.15. The second kappa shape index (κ2) is 10.0. The molecule has 0 radical (unpaired) electrons. The number of nitrogens with zero attached hydrogens (tertiary/aromatic N) is 3. The molecule has 0 bridgehead atoms. The number of benzene rings is 1. The molecule has 2 heterocycles. The van der Waals surface area contributed by atoms with Crippen molar-refractivity contribution >= 4 is 29.2 Å². The van der Waals surface area contributed by atoms with E-state index < -0.39 is 0 Å². The molecule has 5 N–H and O–H groups in total. The molecule has 31 heavy (non-hydrogen) atoms. The molecule has 1 aliphatic carbocycles. The van der Waals surface area contributed by atoms with E-state index in [9.17, 15) is 4.79 Å². The van der Waals surface area contributed by atoms with E-state index in [0.29, 0.717) is 29.8 Å². The van der Waals surface area contributed by atoms with Crippen LogP contribution in [0.4, 0.5) is 23.3 Å². The van der Waals surface area contributed by atoms with Gasteiger partial charge in [-0.15, -0.1) is 0 Å². The van der Waals surface area contributed by atoms with Gasteiger partial charge >= 0.3 is 0 Å². The molecule has 0 atom stereocenters. The number of nitrogens with one attached hydrogen (secondary N) is 5. The van der Waals surface area contributed by atoms with Crippen LogP contribution in [0.5, 0.6) is 0 Å². The van der Waals surface area contributed by atoms with Gasteiger partial charge in [0.1, 0.15) is 5.82 Å². The molecule has 0 spiro atoms. The summed E-state index contributed by atoms with van der Waals surface area (Å²) in [6.07, 6.45) is 5.03. The van der Waals surface area contributed by atoms with Crippen LogP contribution in [0, 0.1) is 0 Å². The molecule has 9 nitrogen and oxygen atoms in total. The van der Waals surface area contributed by atoms with Gasteiger partial charge in [-0.2, -0.15) is 10.1 Å². The highest BCUT2D eigenvalue weighted by atomic mass is 16.1. The van der Waals surface area contributed by atoms with Gasteiger partial charge in [-0.1, -0.05) is 6.92 Å². The standard InChI is InChI=1S/C22H28N8O/c1-2-23-11-3-12-24-21(31)16-6-8-17(9-7-16)26-22-25-13-10-19(28-22)27-20-14-18(29-30-20)15-4-5-15/h6-10,13-15,23H,2-5,11-12H2,1H3,(H,24,31)(H3,25,26,27,28,29,30). The fourth-order valence-corrected chi connectivity index (χ4v) is 3.15. The third-order valence-electron chi connectivity index (χ3n) is 5.00. The summed E-state index contributed by atoms with van der Waals surface area (Å²) < 4.78 is 0. The molecular weight excluding hydrogens is 392 g/mol. The quantitative estimate of drug-likeness (QED) is 0.302. The average molecular weight is 421 g/mol. The Bertz CT molecular complexity index is 997. The number of amides is 1. The highest BCUT2D eigenvalue weighted by molar-refractivity contribution is 5.94. The van der Waals surface area contributed by atoms with E-state index in [1.807, 2.05) is 18.2 Å². The molecular formula is C22H28N8O. The van der Waals surface area contributed by atoms with Crippen LogP contribution in [0.2, 0.25) is 0 Å². The van der Waals surface area contributed by atoms with Gasteiger partial charge in [-0.25, -0.2) is 4.98 Å². The van der Waals surface area contributed by atoms with Crippen LogP contribution in [0.25, 0.3) is 0 Å². The minimum Gasteiger partial charge on any atom is -0.352 e. The molecule has 1 aliphatic rings. The molecule has 1 fully saturated rings. The van der Waals surface area contributed by atoms with Gasteiger partial charge in [0.05, 0.1) is 0 Å². The lowest BCUT2D eigenvalue weighted by molar-refractivity contribution is 0.0953. The summed E-state index contributed by atoms with van der Waals surface area (Å²) in [5.74, 6) is 2.40. The lowest BCUT2D eigenvalue weighted by Crippen LogP contribution is -2.27. The Morgan fingerprint density at radius 3 is 2.71 bits per heavy atom. The first-order chi connectivity index (χ1) is 15.2. The number of hydrogen-bond acceptors (Lipinski definition) is 7. The lowest BCUT2D eigenvalue weighted by Gasteiger charge is -2.08. The maximum Gasteiger partial charge on any atom is 0.251 e. The second-order valence-corrected chi connectivity index (χ2v) is 7.54. The Balaban J connectivity index is 1.30. The van der Waals surface area contributed by atoms with Crippen molar-refractivity contribution in [1.29, 1.82) is 0 Å². The van der Waals surface area contributed by atoms with Gasteiger partial charge in [0, 0.05) is 41.7 Å². The molecule has 2 aromatic heterocycles. The number of H-pyrrole nitrogens is 1. The zero-order valence-corrected chi connectivity index (χ0v) is 17.6. The topological polar surface area (TPSA) is 120 Å². The summed E-state index contributed by atoms with van der Waals surface area (Å²) in [6.45, 7) is 4.55. The monoisotopic (exact) mass is 420 g/mol. The largest absolute Gasteiger partial charge is 0.352 e. The van der Waals surface area contributed by atoms with Crippen LogP contribution in [0.1, 0.15) is 48.2 Å².